The number of halogens is 3. The Morgan fingerprint density at radius 2 is 1.94 bits per heavy atom. The molecule has 2 rings (SSSR count). The van der Waals surface area contributed by atoms with Gasteiger partial charge in [0.2, 0.25) is 0 Å². The molecule has 0 fully saturated rings. The third-order valence-electron chi connectivity index (χ3n) is 2.44. The van der Waals surface area contributed by atoms with Crippen molar-refractivity contribution in [3.05, 3.63) is 64.4 Å². The van der Waals surface area contributed by atoms with Crippen LogP contribution in [-0.4, -0.2) is 4.98 Å². The van der Waals surface area contributed by atoms with E-state index in [-0.39, 0.29) is 10.6 Å². The van der Waals surface area contributed by atoms with E-state index in [1.165, 1.54) is 24.4 Å². The quantitative estimate of drug-likeness (QED) is 0.895. The molecular weight excluding hydrogens is 246 g/mol. The SMILES string of the molecule is NC(c1ccc(Cl)c(F)c1)c1ccncc1F. The minimum Gasteiger partial charge on any atom is -0.320 e. The monoisotopic (exact) mass is 254 g/mol. The lowest BCUT2D eigenvalue weighted by atomic mass is 10.0. The Morgan fingerprint density at radius 1 is 1.18 bits per heavy atom. The maximum absolute atomic E-state index is 13.4. The van der Waals surface area contributed by atoms with Gasteiger partial charge in [0.05, 0.1) is 17.3 Å². The summed E-state index contributed by atoms with van der Waals surface area (Å²) in [5.74, 6) is -1.09. The fourth-order valence-corrected chi connectivity index (χ4v) is 1.64. The van der Waals surface area contributed by atoms with Crippen molar-refractivity contribution < 1.29 is 8.78 Å². The molecule has 1 unspecified atom stereocenters. The minimum atomic E-state index is -0.746. The molecule has 0 saturated carbocycles. The maximum atomic E-state index is 13.4. The third-order valence-corrected chi connectivity index (χ3v) is 2.75. The van der Waals surface area contributed by atoms with Crippen LogP contribution >= 0.6 is 11.6 Å². The highest BCUT2D eigenvalue weighted by atomic mass is 35.5. The second-order valence-electron chi connectivity index (χ2n) is 3.55. The maximum Gasteiger partial charge on any atom is 0.146 e. The first-order valence-corrected chi connectivity index (χ1v) is 5.27. The molecule has 1 heterocycles. The number of pyridine rings is 1. The average Bonchev–Trinajstić information content (AvgIpc) is 2.32. The van der Waals surface area contributed by atoms with Gasteiger partial charge in [0, 0.05) is 11.8 Å². The van der Waals surface area contributed by atoms with Crippen LogP contribution in [-0.2, 0) is 0 Å². The van der Waals surface area contributed by atoms with E-state index < -0.39 is 17.7 Å². The van der Waals surface area contributed by atoms with E-state index in [4.69, 9.17) is 17.3 Å². The van der Waals surface area contributed by atoms with Crippen LogP contribution < -0.4 is 5.73 Å². The Hall–Kier alpha value is -1.52. The summed E-state index contributed by atoms with van der Waals surface area (Å²) in [6.45, 7) is 0. The van der Waals surface area contributed by atoms with Gasteiger partial charge in [-0.3, -0.25) is 4.98 Å². The molecule has 88 valence electrons. The zero-order valence-electron chi connectivity index (χ0n) is 8.70. The molecule has 0 aliphatic heterocycles. The van der Waals surface area contributed by atoms with Gasteiger partial charge in [-0.1, -0.05) is 17.7 Å². The minimum absolute atomic E-state index is 0.0103. The molecule has 0 saturated heterocycles. The van der Waals surface area contributed by atoms with Gasteiger partial charge in [-0.2, -0.15) is 0 Å². The van der Waals surface area contributed by atoms with Crippen molar-refractivity contribution >= 4 is 11.6 Å². The molecule has 2 aromatic rings. The topological polar surface area (TPSA) is 38.9 Å². The van der Waals surface area contributed by atoms with Crippen molar-refractivity contribution in [2.75, 3.05) is 0 Å². The lowest BCUT2D eigenvalue weighted by Crippen LogP contribution is -2.14. The lowest BCUT2D eigenvalue weighted by Gasteiger charge is -2.13. The summed E-state index contributed by atoms with van der Waals surface area (Å²) in [6.07, 6.45) is 2.51. The molecule has 2 nitrogen and oxygen atoms in total. The van der Waals surface area contributed by atoms with E-state index in [1.54, 1.807) is 6.07 Å². The number of hydrogen-bond donors (Lipinski definition) is 1. The highest BCUT2D eigenvalue weighted by Gasteiger charge is 2.14. The Labute approximate surface area is 102 Å². The fourth-order valence-electron chi connectivity index (χ4n) is 1.52. The van der Waals surface area contributed by atoms with E-state index in [2.05, 4.69) is 4.98 Å². The van der Waals surface area contributed by atoms with Gasteiger partial charge in [0.15, 0.2) is 0 Å². The van der Waals surface area contributed by atoms with Crippen LogP contribution in [0.25, 0.3) is 0 Å². The van der Waals surface area contributed by atoms with Gasteiger partial charge >= 0.3 is 0 Å². The van der Waals surface area contributed by atoms with Crippen molar-refractivity contribution in [3.63, 3.8) is 0 Å². The summed E-state index contributed by atoms with van der Waals surface area (Å²) in [5.41, 5.74) is 6.58. The van der Waals surface area contributed by atoms with Gasteiger partial charge in [0.25, 0.3) is 0 Å². The van der Waals surface area contributed by atoms with E-state index in [1.807, 2.05) is 0 Å². The molecule has 1 aromatic heterocycles. The summed E-state index contributed by atoms with van der Waals surface area (Å²) < 4.78 is 26.7. The van der Waals surface area contributed by atoms with E-state index in [0.29, 0.717) is 5.56 Å². The molecule has 1 atom stereocenters. The van der Waals surface area contributed by atoms with Crippen LogP contribution in [0, 0.1) is 11.6 Å². The Morgan fingerprint density at radius 3 is 2.59 bits per heavy atom. The normalized spacial score (nSPS) is 12.5. The summed E-state index contributed by atoms with van der Waals surface area (Å²) in [5, 5.41) is 0.0103. The van der Waals surface area contributed by atoms with E-state index >= 15 is 0 Å². The molecule has 2 N–H and O–H groups in total. The standard InChI is InChI=1S/C12H9ClF2N2/c13-9-2-1-7(5-10(9)14)12(16)8-3-4-17-6-11(8)15/h1-6,12H,16H2. The highest BCUT2D eigenvalue weighted by molar-refractivity contribution is 6.30. The van der Waals surface area contributed by atoms with Gasteiger partial charge in [-0.15, -0.1) is 0 Å². The van der Waals surface area contributed by atoms with Crippen LogP contribution in [0.3, 0.4) is 0 Å². The highest BCUT2D eigenvalue weighted by Crippen LogP contribution is 2.24. The number of benzene rings is 1. The lowest BCUT2D eigenvalue weighted by molar-refractivity contribution is 0.590. The van der Waals surface area contributed by atoms with E-state index in [9.17, 15) is 8.78 Å². The van der Waals surface area contributed by atoms with Crippen LogP contribution in [0.4, 0.5) is 8.78 Å². The molecule has 1 aromatic carbocycles. The molecular formula is C12H9ClF2N2. The van der Waals surface area contributed by atoms with Crippen molar-refractivity contribution in [1.29, 1.82) is 0 Å². The van der Waals surface area contributed by atoms with Crippen molar-refractivity contribution in [2.45, 2.75) is 6.04 Å². The molecule has 0 amide bonds. The first kappa shape index (κ1) is 12.0. The fraction of sp³-hybridized carbons (Fsp3) is 0.0833. The number of nitrogens with zero attached hydrogens (tertiary/aromatic N) is 1. The van der Waals surface area contributed by atoms with Gasteiger partial charge in [0.1, 0.15) is 11.6 Å². The number of nitrogens with two attached hydrogens (primary N) is 1. The van der Waals surface area contributed by atoms with Crippen LogP contribution in [0.2, 0.25) is 5.02 Å². The molecule has 0 radical (unpaired) electrons. The van der Waals surface area contributed by atoms with E-state index in [0.717, 1.165) is 6.20 Å². The second-order valence-corrected chi connectivity index (χ2v) is 3.96. The van der Waals surface area contributed by atoms with Crippen molar-refractivity contribution in [3.8, 4) is 0 Å². The van der Waals surface area contributed by atoms with Gasteiger partial charge < -0.3 is 5.73 Å². The zero-order chi connectivity index (χ0) is 12.4. The first-order valence-electron chi connectivity index (χ1n) is 4.89. The smallest absolute Gasteiger partial charge is 0.146 e. The number of hydrogen-bond acceptors (Lipinski definition) is 2. The third kappa shape index (κ3) is 2.43. The van der Waals surface area contributed by atoms with Gasteiger partial charge in [-0.25, -0.2) is 8.78 Å². The van der Waals surface area contributed by atoms with Crippen LogP contribution in [0.5, 0.6) is 0 Å². The molecule has 0 aliphatic carbocycles. The molecule has 17 heavy (non-hydrogen) atoms. The molecule has 0 aliphatic rings. The predicted molar refractivity (Wildman–Crippen MR) is 61.6 cm³/mol. The Bertz CT molecular complexity index is 546. The summed E-state index contributed by atoms with van der Waals surface area (Å²) in [7, 11) is 0. The largest absolute Gasteiger partial charge is 0.320 e. The second kappa shape index (κ2) is 4.77. The summed E-state index contributed by atoms with van der Waals surface area (Å²) in [4.78, 5) is 3.63. The van der Waals surface area contributed by atoms with Crippen molar-refractivity contribution in [1.82, 2.24) is 4.98 Å². The molecule has 5 heteroatoms. The zero-order valence-corrected chi connectivity index (χ0v) is 9.46. The summed E-state index contributed by atoms with van der Waals surface area (Å²) in [6, 6.07) is 4.88. The molecule has 0 bridgehead atoms. The van der Waals surface area contributed by atoms with Crippen molar-refractivity contribution in [2.24, 2.45) is 5.73 Å². The predicted octanol–water partition coefficient (Wildman–Crippen LogP) is 3.06. The summed E-state index contributed by atoms with van der Waals surface area (Å²) >= 11 is 5.56. The Kier molecular flexibility index (Phi) is 3.36. The van der Waals surface area contributed by atoms with Gasteiger partial charge in [-0.05, 0) is 23.8 Å². The number of aromatic nitrogens is 1. The average molecular weight is 255 g/mol. The van der Waals surface area contributed by atoms with Crippen LogP contribution in [0.1, 0.15) is 17.2 Å². The Balaban J connectivity index is 2.40. The van der Waals surface area contributed by atoms with Crippen LogP contribution in [0.15, 0.2) is 36.7 Å². The number of rotatable bonds is 2. The molecule has 0 spiro atoms. The first-order chi connectivity index (χ1) is 8.09.